The molecular weight excluding hydrogens is 318 g/mol. The van der Waals surface area contributed by atoms with E-state index in [-0.39, 0.29) is 11.6 Å². The summed E-state index contributed by atoms with van der Waals surface area (Å²) in [4.78, 5) is 22.5. The van der Waals surface area contributed by atoms with E-state index in [0.717, 1.165) is 0 Å². The molecule has 3 aromatic heterocycles. The fourth-order valence-electron chi connectivity index (χ4n) is 2.91. The van der Waals surface area contributed by atoms with Crippen molar-refractivity contribution in [2.24, 2.45) is 5.92 Å². The summed E-state index contributed by atoms with van der Waals surface area (Å²) in [6.07, 6.45) is 5.38. The maximum atomic E-state index is 12.4. The number of anilines is 1. The van der Waals surface area contributed by atoms with E-state index in [2.05, 4.69) is 15.1 Å². The van der Waals surface area contributed by atoms with Gasteiger partial charge in [-0.1, -0.05) is 0 Å². The van der Waals surface area contributed by atoms with Crippen LogP contribution in [0.25, 0.3) is 16.8 Å². The Kier molecular flexibility index (Phi) is 3.37. The molecule has 1 aliphatic rings. The molecule has 1 unspecified atom stereocenters. The minimum atomic E-state index is -0.639. The number of hydrogen-bond acceptors (Lipinski definition) is 6. The zero-order valence-electron chi connectivity index (χ0n) is 13.0. The van der Waals surface area contributed by atoms with Gasteiger partial charge in [-0.25, -0.2) is 14.5 Å². The van der Waals surface area contributed by atoms with E-state index in [1.807, 2.05) is 12.1 Å². The van der Waals surface area contributed by atoms with E-state index in [0.29, 0.717) is 35.6 Å². The van der Waals surface area contributed by atoms with E-state index in [1.165, 1.54) is 11.1 Å². The van der Waals surface area contributed by atoms with Crippen LogP contribution in [0.1, 0.15) is 12.1 Å². The normalized spacial score (nSPS) is 16.8. The number of fused-ring (bicyclic) bond motifs is 1. The number of pyridine rings is 1. The molecule has 3 aromatic rings. The number of carbonyl (C=O) groups excluding carboxylic acids is 1. The fraction of sp³-hybridized carbons (Fsp3) is 0.176. The maximum Gasteiger partial charge on any atom is 0.245 e. The van der Waals surface area contributed by atoms with Crippen LogP contribution in [0.15, 0.2) is 36.8 Å². The van der Waals surface area contributed by atoms with Crippen molar-refractivity contribution < 1.29 is 4.79 Å². The van der Waals surface area contributed by atoms with Gasteiger partial charge in [-0.2, -0.15) is 15.6 Å². The van der Waals surface area contributed by atoms with E-state index in [9.17, 15) is 4.79 Å². The molecule has 0 aromatic carbocycles. The molecule has 4 heterocycles. The maximum absolute atomic E-state index is 12.4. The van der Waals surface area contributed by atoms with Gasteiger partial charge in [-0.05, 0) is 24.6 Å². The zero-order valence-corrected chi connectivity index (χ0v) is 13.0. The third-order valence-corrected chi connectivity index (χ3v) is 4.16. The molecule has 1 fully saturated rings. The highest BCUT2D eigenvalue weighted by Gasteiger charge is 2.34. The molecule has 4 rings (SSSR count). The van der Waals surface area contributed by atoms with Gasteiger partial charge >= 0.3 is 0 Å². The first-order valence-corrected chi connectivity index (χ1v) is 7.63. The summed E-state index contributed by atoms with van der Waals surface area (Å²) in [7, 11) is 0. The molecule has 0 bridgehead atoms. The van der Waals surface area contributed by atoms with Gasteiger partial charge in [-0.15, -0.1) is 0 Å². The number of carbonyl (C=O) groups is 1. The Morgan fingerprint density at radius 2 is 2.12 bits per heavy atom. The lowest BCUT2D eigenvalue weighted by Gasteiger charge is -2.17. The van der Waals surface area contributed by atoms with Crippen molar-refractivity contribution in [1.29, 1.82) is 10.5 Å². The monoisotopic (exact) mass is 329 g/mol. The second-order valence-electron chi connectivity index (χ2n) is 5.61. The summed E-state index contributed by atoms with van der Waals surface area (Å²) in [6.45, 7) is 0.439. The van der Waals surface area contributed by atoms with Crippen LogP contribution in [-0.4, -0.2) is 32.0 Å². The quantitative estimate of drug-likeness (QED) is 0.705. The van der Waals surface area contributed by atoms with Crippen LogP contribution in [0.2, 0.25) is 0 Å². The van der Waals surface area contributed by atoms with Crippen LogP contribution in [-0.2, 0) is 4.79 Å². The summed E-state index contributed by atoms with van der Waals surface area (Å²) >= 11 is 0. The summed E-state index contributed by atoms with van der Waals surface area (Å²) in [5.74, 6) is -0.421. The molecule has 120 valence electrons. The zero-order chi connectivity index (χ0) is 17.4. The van der Waals surface area contributed by atoms with Gasteiger partial charge in [-0.3, -0.25) is 9.69 Å². The Bertz CT molecular complexity index is 1070. The molecule has 0 spiro atoms. The molecule has 0 aliphatic carbocycles. The predicted octanol–water partition coefficient (Wildman–Crippen LogP) is 1.54. The van der Waals surface area contributed by atoms with Crippen molar-refractivity contribution in [3.8, 4) is 23.4 Å². The summed E-state index contributed by atoms with van der Waals surface area (Å²) in [5, 5.41) is 22.4. The highest BCUT2D eigenvalue weighted by molar-refractivity contribution is 6.01. The number of rotatable bonds is 2. The number of aromatic nitrogens is 4. The molecule has 1 amide bonds. The van der Waals surface area contributed by atoms with Gasteiger partial charge in [0, 0.05) is 18.3 Å². The van der Waals surface area contributed by atoms with Gasteiger partial charge in [0.1, 0.15) is 23.2 Å². The minimum Gasteiger partial charge on any atom is -0.294 e. The number of amides is 1. The van der Waals surface area contributed by atoms with E-state index < -0.39 is 5.92 Å². The Morgan fingerprint density at radius 1 is 1.24 bits per heavy atom. The van der Waals surface area contributed by atoms with Gasteiger partial charge in [0.25, 0.3) is 0 Å². The summed E-state index contributed by atoms with van der Waals surface area (Å²) in [6, 6.07) is 9.17. The molecule has 0 N–H and O–H groups in total. The van der Waals surface area contributed by atoms with Crippen molar-refractivity contribution in [1.82, 2.24) is 19.6 Å². The summed E-state index contributed by atoms with van der Waals surface area (Å²) < 4.78 is 1.64. The Morgan fingerprint density at radius 3 is 2.88 bits per heavy atom. The van der Waals surface area contributed by atoms with Crippen molar-refractivity contribution in [3.05, 3.63) is 42.5 Å². The third kappa shape index (κ3) is 2.37. The molecular formula is C17H11N7O. The second kappa shape index (κ2) is 5.69. The van der Waals surface area contributed by atoms with Crippen molar-refractivity contribution >= 4 is 17.2 Å². The van der Waals surface area contributed by atoms with Crippen LogP contribution in [0.3, 0.4) is 0 Å². The molecule has 1 atom stereocenters. The Labute approximate surface area is 142 Å². The smallest absolute Gasteiger partial charge is 0.245 e. The first-order valence-electron chi connectivity index (χ1n) is 7.63. The minimum absolute atomic E-state index is 0.248. The summed E-state index contributed by atoms with van der Waals surface area (Å²) in [5.41, 5.74) is 2.24. The fourth-order valence-corrected chi connectivity index (χ4v) is 2.91. The van der Waals surface area contributed by atoms with Crippen LogP contribution in [0, 0.1) is 28.6 Å². The van der Waals surface area contributed by atoms with E-state index in [1.54, 1.807) is 35.1 Å². The molecule has 1 aliphatic heterocycles. The lowest BCUT2D eigenvalue weighted by Crippen LogP contribution is -2.28. The Balaban J connectivity index is 1.88. The topological polar surface area (TPSA) is 111 Å². The highest BCUT2D eigenvalue weighted by Crippen LogP contribution is 2.29. The van der Waals surface area contributed by atoms with E-state index in [4.69, 9.17) is 10.5 Å². The molecule has 25 heavy (non-hydrogen) atoms. The molecule has 1 saturated heterocycles. The van der Waals surface area contributed by atoms with Crippen molar-refractivity contribution in [2.45, 2.75) is 6.42 Å². The molecule has 8 heteroatoms. The number of hydrogen-bond donors (Lipinski definition) is 0. The van der Waals surface area contributed by atoms with Gasteiger partial charge < -0.3 is 0 Å². The van der Waals surface area contributed by atoms with Crippen LogP contribution in [0.4, 0.5) is 5.82 Å². The third-order valence-electron chi connectivity index (χ3n) is 4.16. The second-order valence-corrected chi connectivity index (χ2v) is 5.61. The highest BCUT2D eigenvalue weighted by atomic mass is 16.2. The molecule has 0 saturated carbocycles. The van der Waals surface area contributed by atoms with Crippen LogP contribution in [0.5, 0.6) is 0 Å². The molecule has 0 radical (unpaired) electrons. The predicted molar refractivity (Wildman–Crippen MR) is 87.0 cm³/mol. The van der Waals surface area contributed by atoms with Crippen molar-refractivity contribution in [2.75, 3.05) is 11.4 Å². The average molecular weight is 329 g/mol. The number of nitrogens with zero attached hydrogens (tertiary/aromatic N) is 7. The Hall–Kier alpha value is -3.78. The van der Waals surface area contributed by atoms with E-state index >= 15 is 0 Å². The lowest BCUT2D eigenvalue weighted by molar-refractivity contribution is -0.119. The van der Waals surface area contributed by atoms with Crippen molar-refractivity contribution in [3.63, 3.8) is 0 Å². The van der Waals surface area contributed by atoms with Gasteiger partial charge in [0.05, 0.1) is 24.2 Å². The number of nitriles is 2. The van der Waals surface area contributed by atoms with Crippen LogP contribution >= 0.6 is 0 Å². The average Bonchev–Trinajstić information content (AvgIpc) is 3.27. The molecule has 8 nitrogen and oxygen atoms in total. The lowest BCUT2D eigenvalue weighted by atomic mass is 10.1. The van der Waals surface area contributed by atoms with Crippen LogP contribution < -0.4 is 4.90 Å². The van der Waals surface area contributed by atoms with Gasteiger partial charge in [0.15, 0.2) is 5.82 Å². The standard InChI is InChI=1S/C17H11N7O/c18-8-12-3-6-23(17(12)25)16-15-2-5-21-24(15)10-14(22-16)11-1-4-20-13(7-11)9-19/h1-2,4-5,7,10,12H,3,6H2. The largest absolute Gasteiger partial charge is 0.294 e. The SMILES string of the molecule is N#Cc1cc(-c2cn3nccc3c(N3CCC(C#N)C3=O)n2)ccn1. The first kappa shape index (κ1) is 14.8. The van der Waals surface area contributed by atoms with Gasteiger partial charge in [0.2, 0.25) is 5.91 Å². The first-order chi connectivity index (χ1) is 12.2.